The maximum atomic E-state index is 14.3. The van der Waals surface area contributed by atoms with Crippen molar-refractivity contribution < 1.29 is 23.0 Å². The number of aliphatic hydroxyl groups excluding tert-OH is 1. The molecule has 1 aliphatic rings. The molecule has 0 bridgehead atoms. The first-order chi connectivity index (χ1) is 17.2. The number of alkyl halides is 2. The highest BCUT2D eigenvalue weighted by molar-refractivity contribution is 6.32. The number of pyridine rings is 1. The Labute approximate surface area is 215 Å². The van der Waals surface area contributed by atoms with E-state index in [-0.39, 0.29) is 28.5 Å². The van der Waals surface area contributed by atoms with Gasteiger partial charge in [-0.15, -0.1) is 0 Å². The second-order valence-corrected chi connectivity index (χ2v) is 9.73. The SMILES string of the molecule is CC(c1c(OC(F)F)ccc(F)c1Cl)c1c[nH]c2ncc(-c3cnn(C4CCC(O)CC4)c3Cl)cc12. The second kappa shape index (κ2) is 9.95. The molecule has 11 heteroatoms. The summed E-state index contributed by atoms with van der Waals surface area (Å²) in [5, 5.41) is 15.2. The Morgan fingerprint density at radius 3 is 2.64 bits per heavy atom. The Morgan fingerprint density at radius 2 is 1.92 bits per heavy atom. The van der Waals surface area contributed by atoms with Gasteiger partial charge in [0.2, 0.25) is 0 Å². The molecule has 1 atom stereocenters. The van der Waals surface area contributed by atoms with Gasteiger partial charge < -0.3 is 14.8 Å². The van der Waals surface area contributed by atoms with E-state index in [1.54, 1.807) is 30.2 Å². The molecule has 36 heavy (non-hydrogen) atoms. The highest BCUT2D eigenvalue weighted by Crippen LogP contribution is 2.42. The Balaban J connectivity index is 1.53. The van der Waals surface area contributed by atoms with E-state index in [1.165, 1.54) is 0 Å². The van der Waals surface area contributed by atoms with Gasteiger partial charge in [0.15, 0.2) is 0 Å². The molecule has 190 valence electrons. The quantitative estimate of drug-likeness (QED) is 0.274. The summed E-state index contributed by atoms with van der Waals surface area (Å²) in [4.78, 5) is 7.57. The molecule has 1 aromatic carbocycles. The van der Waals surface area contributed by atoms with E-state index in [2.05, 4.69) is 19.8 Å². The Morgan fingerprint density at radius 1 is 1.17 bits per heavy atom. The summed E-state index contributed by atoms with van der Waals surface area (Å²) in [6.07, 6.45) is 7.75. The van der Waals surface area contributed by atoms with Crippen LogP contribution in [0.5, 0.6) is 5.75 Å². The molecule has 3 aromatic heterocycles. The molecule has 1 saturated carbocycles. The van der Waals surface area contributed by atoms with E-state index in [0.717, 1.165) is 30.5 Å². The van der Waals surface area contributed by atoms with Crippen LogP contribution in [0.25, 0.3) is 22.2 Å². The molecule has 0 aliphatic heterocycles. The van der Waals surface area contributed by atoms with Crippen molar-refractivity contribution in [3.05, 3.63) is 63.9 Å². The van der Waals surface area contributed by atoms with Gasteiger partial charge in [-0.25, -0.2) is 9.37 Å². The lowest BCUT2D eigenvalue weighted by molar-refractivity contribution is -0.0505. The minimum atomic E-state index is -3.08. The van der Waals surface area contributed by atoms with E-state index in [4.69, 9.17) is 23.2 Å². The number of hydrogen-bond donors (Lipinski definition) is 2. The van der Waals surface area contributed by atoms with Crippen LogP contribution in [0, 0.1) is 5.82 Å². The van der Waals surface area contributed by atoms with Crippen molar-refractivity contribution in [3.8, 4) is 16.9 Å². The van der Waals surface area contributed by atoms with Crippen LogP contribution in [-0.2, 0) is 0 Å². The molecule has 1 aliphatic carbocycles. The fourth-order valence-electron chi connectivity index (χ4n) is 4.93. The number of halogens is 5. The third kappa shape index (κ3) is 4.55. The monoisotopic (exact) mass is 538 g/mol. The number of nitrogens with zero attached hydrogens (tertiary/aromatic N) is 3. The summed E-state index contributed by atoms with van der Waals surface area (Å²) < 4.78 is 46.7. The molecule has 0 amide bonds. The highest BCUT2D eigenvalue weighted by Gasteiger charge is 2.26. The number of hydrogen-bond acceptors (Lipinski definition) is 4. The minimum Gasteiger partial charge on any atom is -0.434 e. The van der Waals surface area contributed by atoms with E-state index in [0.29, 0.717) is 40.2 Å². The molecule has 2 N–H and O–H groups in total. The van der Waals surface area contributed by atoms with Gasteiger partial charge >= 0.3 is 6.61 Å². The van der Waals surface area contributed by atoms with E-state index in [9.17, 15) is 18.3 Å². The summed E-state index contributed by atoms with van der Waals surface area (Å²) in [6, 6.07) is 4.13. The molecular weight excluding hydrogens is 516 g/mol. The smallest absolute Gasteiger partial charge is 0.387 e. The molecule has 0 spiro atoms. The number of nitrogens with one attached hydrogen (secondary N) is 1. The molecular formula is C25H23Cl2F3N4O2. The maximum absolute atomic E-state index is 14.3. The van der Waals surface area contributed by atoms with Crippen LogP contribution in [0.4, 0.5) is 13.2 Å². The Kier molecular flexibility index (Phi) is 6.89. The summed E-state index contributed by atoms with van der Waals surface area (Å²) in [7, 11) is 0. The van der Waals surface area contributed by atoms with Crippen molar-refractivity contribution in [1.29, 1.82) is 0 Å². The first-order valence-corrected chi connectivity index (χ1v) is 12.3. The molecule has 1 fully saturated rings. The van der Waals surface area contributed by atoms with Gasteiger partial charge in [-0.05, 0) is 49.4 Å². The van der Waals surface area contributed by atoms with Gasteiger partial charge in [-0.2, -0.15) is 13.9 Å². The molecule has 3 heterocycles. The normalized spacial score (nSPS) is 19.2. The van der Waals surface area contributed by atoms with E-state index >= 15 is 0 Å². The van der Waals surface area contributed by atoms with Gasteiger partial charge in [-0.1, -0.05) is 30.1 Å². The molecule has 4 aromatic rings. The zero-order valence-corrected chi connectivity index (χ0v) is 20.7. The Hall–Kier alpha value is -2.75. The lowest BCUT2D eigenvalue weighted by Gasteiger charge is -2.26. The Bertz CT molecular complexity index is 1400. The third-order valence-corrected chi connectivity index (χ3v) is 7.59. The molecule has 1 unspecified atom stereocenters. The molecule has 6 nitrogen and oxygen atoms in total. The van der Waals surface area contributed by atoms with Gasteiger partial charge in [0.25, 0.3) is 0 Å². The standard InChI is InChI=1S/C25H23Cl2F3N4O2/c1-12(21-20(36-25(29)30)7-6-19(28)22(21)26)17-10-32-24-16(17)8-13(9-31-24)18-11-33-34(23(18)27)14-2-4-15(35)5-3-14/h6-12,14-15,25,35H,2-5H2,1H3,(H,31,32). The molecule has 0 saturated heterocycles. The van der Waals surface area contributed by atoms with Crippen LogP contribution in [0.2, 0.25) is 10.2 Å². The summed E-state index contributed by atoms with van der Waals surface area (Å²) >= 11 is 12.9. The fraction of sp³-hybridized carbons (Fsp3) is 0.360. The van der Waals surface area contributed by atoms with E-state index in [1.807, 2.05) is 6.07 Å². The number of benzene rings is 1. The van der Waals surface area contributed by atoms with Crippen LogP contribution in [0.1, 0.15) is 55.7 Å². The average molecular weight is 539 g/mol. The first kappa shape index (κ1) is 24.9. The zero-order valence-electron chi connectivity index (χ0n) is 19.2. The van der Waals surface area contributed by atoms with Gasteiger partial charge in [0, 0.05) is 40.4 Å². The largest absolute Gasteiger partial charge is 0.434 e. The van der Waals surface area contributed by atoms with Crippen molar-refractivity contribution in [1.82, 2.24) is 19.7 Å². The third-order valence-electron chi connectivity index (χ3n) is 6.83. The van der Waals surface area contributed by atoms with Crippen LogP contribution in [0.15, 0.2) is 36.8 Å². The maximum Gasteiger partial charge on any atom is 0.387 e. The topological polar surface area (TPSA) is 76.0 Å². The van der Waals surface area contributed by atoms with Crippen LogP contribution in [0.3, 0.4) is 0 Å². The number of aromatic amines is 1. The summed E-state index contributed by atoms with van der Waals surface area (Å²) in [5.41, 5.74) is 2.78. The number of rotatable bonds is 6. The zero-order chi connectivity index (χ0) is 25.6. The van der Waals surface area contributed by atoms with Crippen LogP contribution < -0.4 is 4.74 Å². The predicted octanol–water partition coefficient (Wildman–Crippen LogP) is 7.10. The summed E-state index contributed by atoms with van der Waals surface area (Å²) in [5.74, 6) is -1.52. The number of aromatic nitrogens is 4. The van der Waals surface area contributed by atoms with Crippen molar-refractivity contribution in [2.45, 2.75) is 57.3 Å². The minimum absolute atomic E-state index is 0.109. The molecule has 0 radical (unpaired) electrons. The number of aliphatic hydroxyl groups is 1. The van der Waals surface area contributed by atoms with Crippen molar-refractivity contribution in [2.24, 2.45) is 0 Å². The summed E-state index contributed by atoms with van der Waals surface area (Å²) in [6.45, 7) is -1.35. The number of fused-ring (bicyclic) bond motifs is 1. The van der Waals surface area contributed by atoms with Gasteiger partial charge in [0.05, 0.1) is 23.4 Å². The van der Waals surface area contributed by atoms with E-state index < -0.39 is 18.3 Å². The lowest BCUT2D eigenvalue weighted by atomic mass is 9.91. The highest BCUT2D eigenvalue weighted by atomic mass is 35.5. The van der Waals surface area contributed by atoms with Crippen molar-refractivity contribution in [3.63, 3.8) is 0 Å². The first-order valence-electron chi connectivity index (χ1n) is 11.6. The fourth-order valence-corrected chi connectivity index (χ4v) is 5.59. The van der Waals surface area contributed by atoms with Crippen LogP contribution in [-0.4, -0.2) is 37.6 Å². The molecule has 5 rings (SSSR count). The van der Waals surface area contributed by atoms with Crippen molar-refractivity contribution in [2.75, 3.05) is 0 Å². The lowest BCUT2D eigenvalue weighted by Crippen LogP contribution is -2.21. The van der Waals surface area contributed by atoms with Gasteiger partial charge in [-0.3, -0.25) is 4.68 Å². The number of H-pyrrole nitrogens is 1. The van der Waals surface area contributed by atoms with Crippen LogP contribution >= 0.6 is 23.2 Å². The van der Waals surface area contributed by atoms with Crippen molar-refractivity contribution >= 4 is 34.2 Å². The predicted molar refractivity (Wildman–Crippen MR) is 131 cm³/mol. The second-order valence-electron chi connectivity index (χ2n) is 8.99. The average Bonchev–Trinajstić information content (AvgIpc) is 3.44. The number of ether oxygens (including phenoxy) is 1. The van der Waals surface area contributed by atoms with Gasteiger partial charge in [0.1, 0.15) is 22.4 Å².